The van der Waals surface area contributed by atoms with Crippen LogP contribution in [0.15, 0.2) is 12.1 Å². The minimum Gasteiger partial charge on any atom is -0.353 e. The summed E-state index contributed by atoms with van der Waals surface area (Å²) in [7, 11) is 0. The van der Waals surface area contributed by atoms with E-state index in [-0.39, 0.29) is 0 Å². The van der Waals surface area contributed by atoms with Crippen molar-refractivity contribution in [2.24, 2.45) is 5.92 Å². The number of piperazine rings is 2. The van der Waals surface area contributed by atoms with Crippen LogP contribution < -0.4 is 9.80 Å². The van der Waals surface area contributed by atoms with Crippen molar-refractivity contribution in [1.29, 1.82) is 0 Å². The minimum absolute atomic E-state index is 0.341. The van der Waals surface area contributed by atoms with E-state index >= 15 is 0 Å². The Labute approximate surface area is 181 Å². The van der Waals surface area contributed by atoms with Gasteiger partial charge in [-0.1, -0.05) is 39.0 Å². The van der Waals surface area contributed by atoms with Gasteiger partial charge in [-0.25, -0.2) is 0 Å². The van der Waals surface area contributed by atoms with Gasteiger partial charge in [-0.15, -0.1) is 10.2 Å². The highest BCUT2D eigenvalue weighted by atomic mass is 16.2. The first-order valence-electron chi connectivity index (χ1n) is 12.1. The molecule has 0 aromatic carbocycles. The molecule has 1 aromatic rings. The predicted octanol–water partition coefficient (Wildman–Crippen LogP) is 2.63. The molecule has 0 radical (unpaired) electrons. The number of amides is 1. The van der Waals surface area contributed by atoms with E-state index in [0.29, 0.717) is 5.91 Å². The maximum Gasteiger partial charge on any atom is 0.222 e. The molecule has 7 heteroatoms. The summed E-state index contributed by atoms with van der Waals surface area (Å²) in [6.07, 6.45) is 8.54. The van der Waals surface area contributed by atoms with Gasteiger partial charge in [0.25, 0.3) is 0 Å². The van der Waals surface area contributed by atoms with E-state index in [1.807, 2.05) is 4.90 Å². The zero-order valence-electron chi connectivity index (χ0n) is 18.6. The van der Waals surface area contributed by atoms with Crippen LogP contribution >= 0.6 is 0 Å². The zero-order valence-corrected chi connectivity index (χ0v) is 18.6. The van der Waals surface area contributed by atoms with Crippen molar-refractivity contribution >= 4 is 17.5 Å². The number of likely N-dealkylation sites (N-methyl/N-ethyl adjacent to an activating group) is 1. The highest BCUT2D eigenvalue weighted by Gasteiger charge is 2.24. The van der Waals surface area contributed by atoms with Crippen molar-refractivity contribution in [2.45, 2.75) is 51.9 Å². The number of carbonyl (C=O) groups is 1. The number of hydrogen-bond acceptors (Lipinski definition) is 6. The topological polar surface area (TPSA) is 55.8 Å². The number of nitrogens with zero attached hydrogens (tertiary/aromatic N) is 6. The maximum atomic E-state index is 12.6. The zero-order chi connectivity index (χ0) is 20.8. The Hall–Kier alpha value is -1.89. The van der Waals surface area contributed by atoms with Gasteiger partial charge in [-0.3, -0.25) is 4.79 Å². The summed E-state index contributed by atoms with van der Waals surface area (Å²) in [5.41, 5.74) is 0. The lowest BCUT2D eigenvalue weighted by atomic mass is 9.86. The molecule has 0 bridgehead atoms. The second kappa shape index (κ2) is 10.4. The van der Waals surface area contributed by atoms with Crippen molar-refractivity contribution < 1.29 is 4.79 Å². The number of aromatic nitrogens is 2. The van der Waals surface area contributed by atoms with Gasteiger partial charge in [0.05, 0.1) is 0 Å². The van der Waals surface area contributed by atoms with E-state index in [2.05, 4.69) is 44.0 Å². The van der Waals surface area contributed by atoms with Crippen molar-refractivity contribution in [3.05, 3.63) is 12.1 Å². The molecule has 0 unspecified atom stereocenters. The minimum atomic E-state index is 0.341. The molecule has 1 aliphatic carbocycles. The molecule has 0 N–H and O–H groups in total. The Kier molecular flexibility index (Phi) is 7.42. The quantitative estimate of drug-likeness (QED) is 0.713. The molecule has 3 fully saturated rings. The Morgan fingerprint density at radius 1 is 0.867 bits per heavy atom. The van der Waals surface area contributed by atoms with Crippen LogP contribution in [0, 0.1) is 5.92 Å². The maximum absolute atomic E-state index is 12.6. The fourth-order valence-corrected chi connectivity index (χ4v) is 5.10. The van der Waals surface area contributed by atoms with E-state index in [0.717, 1.165) is 89.3 Å². The average Bonchev–Trinajstić information content (AvgIpc) is 2.83. The van der Waals surface area contributed by atoms with Gasteiger partial charge in [0.1, 0.15) is 0 Å². The molecular weight excluding hydrogens is 376 g/mol. The molecule has 166 valence electrons. The fourth-order valence-electron chi connectivity index (χ4n) is 5.10. The Morgan fingerprint density at radius 3 is 1.97 bits per heavy atom. The lowest BCUT2D eigenvalue weighted by Crippen LogP contribution is -2.49. The summed E-state index contributed by atoms with van der Waals surface area (Å²) < 4.78 is 0. The van der Waals surface area contributed by atoms with Gasteiger partial charge in [0.2, 0.25) is 5.91 Å². The Bertz CT molecular complexity index is 659. The molecule has 2 aliphatic heterocycles. The molecule has 1 amide bonds. The molecule has 2 saturated heterocycles. The normalized spacial score (nSPS) is 21.8. The molecule has 0 spiro atoms. The van der Waals surface area contributed by atoms with Crippen LogP contribution in [-0.2, 0) is 4.79 Å². The van der Waals surface area contributed by atoms with Gasteiger partial charge < -0.3 is 19.6 Å². The van der Waals surface area contributed by atoms with Crippen molar-refractivity contribution in [1.82, 2.24) is 20.0 Å². The molecular formula is C23H38N6O. The van der Waals surface area contributed by atoms with Crippen molar-refractivity contribution in [3.63, 3.8) is 0 Å². The molecule has 30 heavy (non-hydrogen) atoms. The van der Waals surface area contributed by atoms with E-state index < -0.39 is 0 Å². The summed E-state index contributed by atoms with van der Waals surface area (Å²) in [6, 6.07) is 4.20. The largest absolute Gasteiger partial charge is 0.353 e. The van der Waals surface area contributed by atoms with Gasteiger partial charge in [0, 0.05) is 58.8 Å². The fraction of sp³-hybridized carbons (Fsp3) is 0.783. The third kappa shape index (κ3) is 5.42. The highest BCUT2D eigenvalue weighted by Crippen LogP contribution is 2.27. The number of hydrogen-bond donors (Lipinski definition) is 0. The predicted molar refractivity (Wildman–Crippen MR) is 121 cm³/mol. The third-order valence-electron chi connectivity index (χ3n) is 7.23. The van der Waals surface area contributed by atoms with Crippen molar-refractivity contribution in [2.75, 3.05) is 68.7 Å². The van der Waals surface area contributed by atoms with Crippen LogP contribution in [0.3, 0.4) is 0 Å². The van der Waals surface area contributed by atoms with E-state index in [4.69, 9.17) is 0 Å². The average molecular weight is 415 g/mol. The van der Waals surface area contributed by atoms with Gasteiger partial charge >= 0.3 is 0 Å². The van der Waals surface area contributed by atoms with Crippen LogP contribution in [0.2, 0.25) is 0 Å². The summed E-state index contributed by atoms with van der Waals surface area (Å²) in [5.74, 6) is 3.03. The molecule has 4 rings (SSSR count). The third-order valence-corrected chi connectivity index (χ3v) is 7.23. The summed E-state index contributed by atoms with van der Waals surface area (Å²) in [4.78, 5) is 21.7. The van der Waals surface area contributed by atoms with Crippen LogP contribution in [-0.4, -0.2) is 84.8 Å². The van der Waals surface area contributed by atoms with Crippen molar-refractivity contribution in [3.8, 4) is 0 Å². The van der Waals surface area contributed by atoms with Crippen LogP contribution in [0.25, 0.3) is 0 Å². The first kappa shape index (κ1) is 21.3. The van der Waals surface area contributed by atoms with Crippen LogP contribution in [0.5, 0.6) is 0 Å². The first-order chi connectivity index (χ1) is 14.7. The second-order valence-electron chi connectivity index (χ2n) is 9.08. The number of rotatable bonds is 6. The van der Waals surface area contributed by atoms with E-state index in [1.54, 1.807) is 0 Å². The smallest absolute Gasteiger partial charge is 0.222 e. The lowest BCUT2D eigenvalue weighted by Gasteiger charge is -2.36. The van der Waals surface area contributed by atoms with Gasteiger partial charge in [-0.05, 0) is 31.0 Å². The lowest BCUT2D eigenvalue weighted by molar-refractivity contribution is -0.131. The number of carbonyl (C=O) groups excluding carboxylic acids is 1. The molecule has 3 heterocycles. The Balaban J connectivity index is 1.21. The summed E-state index contributed by atoms with van der Waals surface area (Å²) in [5, 5.41) is 9.00. The summed E-state index contributed by atoms with van der Waals surface area (Å²) >= 11 is 0. The Morgan fingerprint density at radius 2 is 1.43 bits per heavy atom. The monoisotopic (exact) mass is 414 g/mol. The van der Waals surface area contributed by atoms with E-state index in [9.17, 15) is 4.79 Å². The summed E-state index contributed by atoms with van der Waals surface area (Å²) in [6.45, 7) is 10.8. The SMILES string of the molecule is CCN1CCN(c2ccc(N3CCN(C(=O)CCC4CCCCC4)CC3)nn2)CC1. The molecule has 1 saturated carbocycles. The first-order valence-corrected chi connectivity index (χ1v) is 12.1. The van der Waals surface area contributed by atoms with Crippen LogP contribution in [0.1, 0.15) is 51.9 Å². The highest BCUT2D eigenvalue weighted by molar-refractivity contribution is 5.76. The molecule has 3 aliphatic rings. The molecule has 0 atom stereocenters. The standard InChI is InChI=1S/C23H38N6O/c1-2-26-12-14-27(15-13-26)21-9-10-22(25-24-21)28-16-18-29(19-17-28)23(30)11-8-20-6-4-3-5-7-20/h9-10,20H,2-8,11-19H2,1H3. The number of anilines is 2. The van der Waals surface area contributed by atoms with Gasteiger partial charge in [0.15, 0.2) is 11.6 Å². The van der Waals surface area contributed by atoms with E-state index in [1.165, 1.54) is 32.1 Å². The molecule has 1 aromatic heterocycles. The molecule has 7 nitrogen and oxygen atoms in total. The van der Waals surface area contributed by atoms with Gasteiger partial charge in [-0.2, -0.15) is 0 Å². The van der Waals surface area contributed by atoms with Crippen LogP contribution in [0.4, 0.5) is 11.6 Å². The second-order valence-corrected chi connectivity index (χ2v) is 9.08.